The first kappa shape index (κ1) is 25.7. The second-order valence-corrected chi connectivity index (χ2v) is 10.5. The summed E-state index contributed by atoms with van der Waals surface area (Å²) in [5.74, 6) is -0.378. The van der Waals surface area contributed by atoms with Crippen molar-refractivity contribution in [2.75, 3.05) is 16.9 Å². The number of sulfone groups is 1. The minimum atomic E-state index is -3.40. The van der Waals surface area contributed by atoms with Crippen LogP contribution in [0, 0.1) is 0 Å². The van der Waals surface area contributed by atoms with E-state index in [1.807, 2.05) is 48.5 Å². The molecule has 7 nitrogen and oxygen atoms in total. The van der Waals surface area contributed by atoms with E-state index in [1.165, 1.54) is 6.26 Å². The van der Waals surface area contributed by atoms with Crippen molar-refractivity contribution in [2.24, 2.45) is 0 Å². The maximum absolute atomic E-state index is 13.2. The van der Waals surface area contributed by atoms with Gasteiger partial charge in [-0.1, -0.05) is 78.9 Å². The summed E-state index contributed by atoms with van der Waals surface area (Å²) in [4.78, 5) is 26.1. The van der Waals surface area contributed by atoms with Gasteiger partial charge in [-0.05, 0) is 41.5 Å². The van der Waals surface area contributed by atoms with Gasteiger partial charge in [-0.2, -0.15) is 0 Å². The smallest absolute Gasteiger partial charge is 0.319 e. The fourth-order valence-electron chi connectivity index (χ4n) is 3.90. The van der Waals surface area contributed by atoms with Gasteiger partial charge in [0.1, 0.15) is 6.04 Å². The van der Waals surface area contributed by atoms with Crippen LogP contribution in [-0.2, 0) is 21.1 Å². The van der Waals surface area contributed by atoms with Gasteiger partial charge in [0.05, 0.1) is 4.90 Å². The lowest BCUT2D eigenvalue weighted by Crippen LogP contribution is -2.46. The molecule has 0 aliphatic rings. The molecule has 4 rings (SSSR count). The Morgan fingerprint density at radius 1 is 0.703 bits per heavy atom. The van der Waals surface area contributed by atoms with Gasteiger partial charge in [-0.15, -0.1) is 0 Å². The molecule has 0 heterocycles. The molecular weight excluding hydrogens is 486 g/mol. The van der Waals surface area contributed by atoms with E-state index >= 15 is 0 Å². The molecule has 0 saturated heterocycles. The number of rotatable bonds is 8. The summed E-state index contributed by atoms with van der Waals surface area (Å²) in [6, 6.07) is 30.8. The molecule has 0 aliphatic carbocycles. The average Bonchev–Trinajstić information content (AvgIpc) is 2.89. The highest BCUT2D eigenvalue weighted by Crippen LogP contribution is 2.28. The predicted octanol–water partition coefficient (Wildman–Crippen LogP) is 5.13. The van der Waals surface area contributed by atoms with Gasteiger partial charge in [0, 0.05) is 29.6 Å². The van der Waals surface area contributed by atoms with Crippen LogP contribution in [0.2, 0.25) is 0 Å². The van der Waals surface area contributed by atoms with Crippen LogP contribution < -0.4 is 16.0 Å². The molecule has 4 aromatic rings. The second-order valence-electron chi connectivity index (χ2n) is 8.54. The van der Waals surface area contributed by atoms with Crippen molar-refractivity contribution in [3.8, 4) is 11.1 Å². The molecule has 0 aromatic heterocycles. The van der Waals surface area contributed by atoms with Crippen molar-refractivity contribution in [2.45, 2.75) is 17.4 Å². The number of nitrogens with one attached hydrogen (secondary N) is 3. The number of hydrogen-bond donors (Lipinski definition) is 3. The lowest BCUT2D eigenvalue weighted by molar-refractivity contribution is -0.117. The fraction of sp³-hybridized carbons (Fsp3) is 0.103. The van der Waals surface area contributed by atoms with Crippen LogP contribution >= 0.6 is 0 Å². The van der Waals surface area contributed by atoms with Gasteiger partial charge >= 0.3 is 6.03 Å². The van der Waals surface area contributed by atoms with Gasteiger partial charge in [-0.3, -0.25) is 4.79 Å². The van der Waals surface area contributed by atoms with Gasteiger partial charge in [0.2, 0.25) is 5.91 Å². The first-order valence-electron chi connectivity index (χ1n) is 11.7. The first-order valence-corrected chi connectivity index (χ1v) is 13.6. The van der Waals surface area contributed by atoms with Crippen molar-refractivity contribution < 1.29 is 18.0 Å². The number of carbonyl (C=O) groups is 2. The molecule has 0 saturated carbocycles. The minimum absolute atomic E-state index is 0.239. The molecule has 4 aromatic carbocycles. The number of hydrogen-bond acceptors (Lipinski definition) is 4. The van der Waals surface area contributed by atoms with E-state index in [1.54, 1.807) is 60.7 Å². The number of carbonyl (C=O) groups excluding carboxylic acids is 2. The largest absolute Gasteiger partial charge is 0.326 e. The monoisotopic (exact) mass is 513 g/mol. The topological polar surface area (TPSA) is 104 Å². The standard InChI is InChI=1S/C29H27N3O4S/c1-37(35,36)27-15-9-8-14-25(27)22-16-18-24(19-17-22)30-28(33)26(20-21-10-4-2-5-11-21)32-29(34)31-23-12-6-3-7-13-23/h2-19,26H,20H2,1H3,(H,30,33)(H2,31,32,34). The molecule has 8 heteroatoms. The molecule has 37 heavy (non-hydrogen) atoms. The molecule has 3 amide bonds. The minimum Gasteiger partial charge on any atom is -0.326 e. The molecule has 0 fully saturated rings. The van der Waals surface area contributed by atoms with Crippen molar-refractivity contribution in [3.63, 3.8) is 0 Å². The summed E-state index contributed by atoms with van der Waals surface area (Å²) >= 11 is 0. The van der Waals surface area contributed by atoms with E-state index < -0.39 is 21.9 Å². The van der Waals surface area contributed by atoms with Crippen LogP contribution in [0.5, 0.6) is 0 Å². The zero-order valence-electron chi connectivity index (χ0n) is 20.2. The summed E-state index contributed by atoms with van der Waals surface area (Å²) in [6.07, 6.45) is 1.48. The molecule has 0 radical (unpaired) electrons. The predicted molar refractivity (Wildman–Crippen MR) is 146 cm³/mol. The van der Waals surface area contributed by atoms with Gasteiger partial charge in [-0.25, -0.2) is 13.2 Å². The van der Waals surface area contributed by atoms with Gasteiger partial charge in [0.15, 0.2) is 9.84 Å². The summed E-state index contributed by atoms with van der Waals surface area (Å²) in [5, 5.41) is 8.36. The highest BCUT2D eigenvalue weighted by atomic mass is 32.2. The number of anilines is 2. The van der Waals surface area contributed by atoms with Crippen molar-refractivity contribution in [3.05, 3.63) is 115 Å². The Morgan fingerprint density at radius 3 is 1.92 bits per heavy atom. The molecular formula is C29H27N3O4S. The highest BCUT2D eigenvalue weighted by Gasteiger charge is 2.22. The summed E-state index contributed by atoms with van der Waals surface area (Å²) < 4.78 is 24.3. The maximum atomic E-state index is 13.2. The van der Waals surface area contributed by atoms with Gasteiger partial charge < -0.3 is 16.0 Å². The zero-order chi connectivity index (χ0) is 26.3. The number of amides is 3. The van der Waals surface area contributed by atoms with Crippen molar-refractivity contribution in [1.82, 2.24) is 5.32 Å². The zero-order valence-corrected chi connectivity index (χ0v) is 21.0. The van der Waals surface area contributed by atoms with E-state index in [0.29, 0.717) is 28.9 Å². The Kier molecular flexibility index (Phi) is 8.00. The van der Waals surface area contributed by atoms with Crippen LogP contribution in [0.4, 0.5) is 16.2 Å². The number of urea groups is 1. The number of para-hydroxylation sites is 1. The quantitative estimate of drug-likeness (QED) is 0.304. The molecule has 1 unspecified atom stereocenters. The van der Waals surface area contributed by atoms with Crippen LogP contribution in [0.15, 0.2) is 114 Å². The fourth-order valence-corrected chi connectivity index (χ4v) is 4.81. The van der Waals surface area contributed by atoms with E-state index in [2.05, 4.69) is 16.0 Å². The number of benzene rings is 4. The van der Waals surface area contributed by atoms with E-state index in [4.69, 9.17) is 0 Å². The van der Waals surface area contributed by atoms with Crippen LogP contribution in [-0.4, -0.2) is 32.7 Å². The lowest BCUT2D eigenvalue weighted by atomic mass is 10.0. The van der Waals surface area contributed by atoms with E-state index in [9.17, 15) is 18.0 Å². The highest BCUT2D eigenvalue weighted by molar-refractivity contribution is 7.90. The average molecular weight is 514 g/mol. The van der Waals surface area contributed by atoms with E-state index in [0.717, 1.165) is 5.56 Å². The second kappa shape index (κ2) is 11.5. The maximum Gasteiger partial charge on any atom is 0.319 e. The molecule has 0 bridgehead atoms. The Bertz CT molecular complexity index is 1470. The molecule has 188 valence electrons. The third-order valence-electron chi connectivity index (χ3n) is 5.69. The normalized spacial score (nSPS) is 11.8. The SMILES string of the molecule is CS(=O)(=O)c1ccccc1-c1ccc(NC(=O)C(Cc2ccccc2)NC(=O)Nc2ccccc2)cc1. The first-order chi connectivity index (χ1) is 17.8. The molecule has 1 atom stereocenters. The van der Waals surface area contributed by atoms with Crippen molar-refractivity contribution in [1.29, 1.82) is 0 Å². The summed E-state index contributed by atoms with van der Waals surface area (Å²) in [5.41, 5.74) is 3.33. The Labute approximate surface area is 216 Å². The van der Waals surface area contributed by atoms with E-state index in [-0.39, 0.29) is 10.8 Å². The third-order valence-corrected chi connectivity index (χ3v) is 6.84. The Morgan fingerprint density at radius 2 is 1.27 bits per heavy atom. The van der Waals surface area contributed by atoms with Gasteiger partial charge in [0.25, 0.3) is 0 Å². The third kappa shape index (κ3) is 7.05. The Balaban J connectivity index is 1.50. The summed E-state index contributed by atoms with van der Waals surface area (Å²) in [6.45, 7) is 0. The van der Waals surface area contributed by atoms with Crippen LogP contribution in [0.1, 0.15) is 5.56 Å². The lowest BCUT2D eigenvalue weighted by Gasteiger charge is -2.19. The van der Waals surface area contributed by atoms with Crippen molar-refractivity contribution >= 4 is 33.2 Å². The molecule has 0 spiro atoms. The Hall–Kier alpha value is -4.43. The van der Waals surface area contributed by atoms with Crippen LogP contribution in [0.3, 0.4) is 0 Å². The summed E-state index contributed by atoms with van der Waals surface area (Å²) in [7, 11) is -3.40. The molecule has 3 N–H and O–H groups in total. The van der Waals surface area contributed by atoms with Crippen LogP contribution in [0.25, 0.3) is 11.1 Å². The molecule has 0 aliphatic heterocycles.